The van der Waals surface area contributed by atoms with Crippen molar-refractivity contribution in [3.8, 4) is 0 Å². The van der Waals surface area contributed by atoms with Crippen molar-refractivity contribution in [2.75, 3.05) is 19.6 Å². The van der Waals surface area contributed by atoms with Crippen molar-refractivity contribution in [3.63, 3.8) is 0 Å². The Kier molecular flexibility index (Phi) is 6.67. The van der Waals surface area contributed by atoms with E-state index in [0.717, 1.165) is 45.4 Å². The molecule has 0 spiro atoms. The van der Waals surface area contributed by atoms with Crippen LogP contribution in [0.25, 0.3) is 0 Å². The van der Waals surface area contributed by atoms with Gasteiger partial charge in [0.2, 0.25) is 0 Å². The number of hydrogen-bond donors (Lipinski definition) is 0. The molecule has 1 unspecified atom stereocenters. The molecule has 134 valence electrons. The Bertz CT molecular complexity index is 510. The lowest BCUT2D eigenvalue weighted by atomic mass is 10.0. The van der Waals surface area contributed by atoms with Gasteiger partial charge in [-0.1, -0.05) is 50.1 Å². The van der Waals surface area contributed by atoms with E-state index in [4.69, 9.17) is 4.74 Å². The van der Waals surface area contributed by atoms with Gasteiger partial charge in [-0.15, -0.1) is 0 Å². The Labute approximate surface area is 146 Å². The second-order valence-electron chi connectivity index (χ2n) is 7.69. The maximum absolute atomic E-state index is 12.5. The Balaban J connectivity index is 1.99. The van der Waals surface area contributed by atoms with Gasteiger partial charge in [0.1, 0.15) is 5.60 Å². The molecule has 0 aliphatic carbocycles. The average Bonchev–Trinajstić information content (AvgIpc) is 2.52. The molecule has 1 aliphatic rings. The Hall–Kier alpha value is -1.55. The maximum atomic E-state index is 12.5. The fourth-order valence-corrected chi connectivity index (χ4v) is 3.15. The highest BCUT2D eigenvalue weighted by atomic mass is 16.6. The van der Waals surface area contributed by atoms with Gasteiger partial charge >= 0.3 is 6.09 Å². The maximum Gasteiger partial charge on any atom is 0.410 e. The first-order valence-corrected chi connectivity index (χ1v) is 9.15. The Morgan fingerprint density at radius 3 is 2.54 bits per heavy atom. The highest BCUT2D eigenvalue weighted by Gasteiger charge is 2.32. The number of amides is 1. The molecule has 1 aromatic carbocycles. The Morgan fingerprint density at radius 2 is 1.92 bits per heavy atom. The first-order valence-electron chi connectivity index (χ1n) is 9.15. The summed E-state index contributed by atoms with van der Waals surface area (Å²) in [6, 6.07) is 10.8. The first kappa shape index (κ1) is 18.8. The molecule has 24 heavy (non-hydrogen) atoms. The van der Waals surface area contributed by atoms with Crippen LogP contribution in [0.5, 0.6) is 0 Å². The SMILES string of the molecule is CCCCC1CN(Cc2ccccc2)CCN1C(=O)OC(C)(C)C. The van der Waals surface area contributed by atoms with Gasteiger partial charge in [0, 0.05) is 32.2 Å². The van der Waals surface area contributed by atoms with Crippen LogP contribution in [0, 0.1) is 0 Å². The fourth-order valence-electron chi connectivity index (χ4n) is 3.15. The van der Waals surface area contributed by atoms with Gasteiger partial charge in [0.05, 0.1) is 0 Å². The van der Waals surface area contributed by atoms with Gasteiger partial charge in [0.15, 0.2) is 0 Å². The van der Waals surface area contributed by atoms with Crippen LogP contribution in [0.1, 0.15) is 52.5 Å². The van der Waals surface area contributed by atoms with Crippen molar-refractivity contribution in [1.29, 1.82) is 0 Å². The van der Waals surface area contributed by atoms with E-state index in [0.29, 0.717) is 0 Å². The average molecular weight is 332 g/mol. The molecule has 1 atom stereocenters. The largest absolute Gasteiger partial charge is 0.444 e. The number of carbonyl (C=O) groups is 1. The molecule has 1 fully saturated rings. The number of carbonyl (C=O) groups excluding carboxylic acids is 1. The molecule has 0 aromatic heterocycles. The number of unbranched alkanes of at least 4 members (excludes halogenated alkanes) is 1. The molecule has 0 N–H and O–H groups in total. The van der Waals surface area contributed by atoms with E-state index in [1.165, 1.54) is 5.56 Å². The summed E-state index contributed by atoms with van der Waals surface area (Å²) in [5.41, 5.74) is 0.894. The third kappa shape index (κ3) is 5.82. The smallest absolute Gasteiger partial charge is 0.410 e. The Morgan fingerprint density at radius 1 is 1.21 bits per heavy atom. The quantitative estimate of drug-likeness (QED) is 0.806. The summed E-state index contributed by atoms with van der Waals surface area (Å²) in [6.45, 7) is 11.5. The molecule has 1 aromatic rings. The van der Waals surface area contributed by atoms with E-state index in [1.54, 1.807) is 0 Å². The van der Waals surface area contributed by atoms with Crippen LogP contribution in [-0.4, -0.2) is 47.2 Å². The van der Waals surface area contributed by atoms with Crippen LogP contribution in [-0.2, 0) is 11.3 Å². The molecule has 4 nitrogen and oxygen atoms in total. The lowest BCUT2D eigenvalue weighted by Crippen LogP contribution is -2.55. The van der Waals surface area contributed by atoms with E-state index >= 15 is 0 Å². The number of nitrogens with zero attached hydrogens (tertiary/aromatic N) is 2. The summed E-state index contributed by atoms with van der Waals surface area (Å²) in [5.74, 6) is 0. The summed E-state index contributed by atoms with van der Waals surface area (Å²) < 4.78 is 5.61. The van der Waals surface area contributed by atoms with Crippen molar-refractivity contribution in [2.24, 2.45) is 0 Å². The highest BCUT2D eigenvalue weighted by molar-refractivity contribution is 5.68. The third-order valence-corrected chi connectivity index (χ3v) is 4.33. The lowest BCUT2D eigenvalue weighted by molar-refractivity contribution is -0.00409. The van der Waals surface area contributed by atoms with Crippen molar-refractivity contribution in [2.45, 2.75) is 65.1 Å². The second kappa shape index (κ2) is 8.52. The van der Waals surface area contributed by atoms with Crippen molar-refractivity contribution >= 4 is 6.09 Å². The van der Waals surface area contributed by atoms with Crippen LogP contribution in [0.15, 0.2) is 30.3 Å². The summed E-state index contributed by atoms with van der Waals surface area (Å²) in [6.07, 6.45) is 3.17. The second-order valence-corrected chi connectivity index (χ2v) is 7.69. The van der Waals surface area contributed by atoms with E-state index < -0.39 is 5.60 Å². The number of piperazine rings is 1. The van der Waals surface area contributed by atoms with Crippen molar-refractivity contribution in [3.05, 3.63) is 35.9 Å². The molecule has 2 rings (SSSR count). The predicted molar refractivity (Wildman–Crippen MR) is 98.0 cm³/mol. The van der Waals surface area contributed by atoms with Crippen LogP contribution in [0.3, 0.4) is 0 Å². The topological polar surface area (TPSA) is 32.8 Å². The minimum atomic E-state index is -0.437. The normalized spacial score (nSPS) is 19.3. The van der Waals surface area contributed by atoms with Crippen LogP contribution >= 0.6 is 0 Å². The van der Waals surface area contributed by atoms with Gasteiger partial charge in [0.25, 0.3) is 0 Å². The van der Waals surface area contributed by atoms with Crippen LogP contribution < -0.4 is 0 Å². The molecular weight excluding hydrogens is 300 g/mol. The first-order chi connectivity index (χ1) is 11.4. The molecule has 0 bridgehead atoms. The van der Waals surface area contributed by atoms with E-state index in [9.17, 15) is 4.79 Å². The predicted octanol–water partition coefficient (Wildman–Crippen LogP) is 4.30. The molecule has 1 saturated heterocycles. The zero-order valence-electron chi connectivity index (χ0n) is 15.6. The summed E-state index contributed by atoms with van der Waals surface area (Å²) >= 11 is 0. The van der Waals surface area contributed by atoms with Gasteiger partial charge in [-0.25, -0.2) is 4.79 Å². The fraction of sp³-hybridized carbons (Fsp3) is 0.650. The highest BCUT2D eigenvalue weighted by Crippen LogP contribution is 2.20. The molecule has 4 heteroatoms. The molecule has 1 heterocycles. The molecule has 1 aliphatic heterocycles. The van der Waals surface area contributed by atoms with E-state index in [1.807, 2.05) is 31.7 Å². The number of benzene rings is 1. The van der Waals surface area contributed by atoms with Gasteiger partial charge in [-0.2, -0.15) is 0 Å². The van der Waals surface area contributed by atoms with E-state index in [2.05, 4.69) is 36.1 Å². The zero-order valence-corrected chi connectivity index (χ0v) is 15.6. The van der Waals surface area contributed by atoms with Crippen LogP contribution in [0.4, 0.5) is 4.79 Å². The number of ether oxygens (including phenoxy) is 1. The van der Waals surface area contributed by atoms with Crippen molar-refractivity contribution < 1.29 is 9.53 Å². The summed E-state index contributed by atoms with van der Waals surface area (Å²) in [5, 5.41) is 0. The molecular formula is C20H32N2O2. The standard InChI is InChI=1S/C20H32N2O2/c1-5-6-12-18-16-21(15-17-10-8-7-9-11-17)13-14-22(18)19(23)24-20(2,3)4/h7-11,18H,5-6,12-16H2,1-4H3. The third-order valence-electron chi connectivity index (χ3n) is 4.33. The van der Waals surface area contributed by atoms with Crippen molar-refractivity contribution in [1.82, 2.24) is 9.80 Å². The van der Waals surface area contributed by atoms with Gasteiger partial charge in [-0.3, -0.25) is 4.90 Å². The summed E-state index contributed by atoms with van der Waals surface area (Å²) in [7, 11) is 0. The lowest BCUT2D eigenvalue weighted by Gasteiger charge is -2.42. The van der Waals surface area contributed by atoms with Gasteiger partial charge < -0.3 is 9.64 Å². The zero-order chi connectivity index (χ0) is 17.6. The van der Waals surface area contributed by atoms with Gasteiger partial charge in [-0.05, 0) is 32.8 Å². The van der Waals surface area contributed by atoms with Crippen LogP contribution in [0.2, 0.25) is 0 Å². The molecule has 1 amide bonds. The monoisotopic (exact) mass is 332 g/mol. The summed E-state index contributed by atoms with van der Waals surface area (Å²) in [4.78, 5) is 16.9. The molecule has 0 saturated carbocycles. The molecule has 0 radical (unpaired) electrons. The number of rotatable bonds is 5. The minimum Gasteiger partial charge on any atom is -0.444 e. The number of hydrogen-bond acceptors (Lipinski definition) is 3. The van der Waals surface area contributed by atoms with E-state index in [-0.39, 0.29) is 12.1 Å². The minimum absolute atomic E-state index is 0.164.